The first-order valence-corrected chi connectivity index (χ1v) is 9.31. The fourth-order valence-corrected chi connectivity index (χ4v) is 5.03. The van der Waals surface area contributed by atoms with Crippen LogP contribution in [0.4, 0.5) is 5.13 Å². The highest BCUT2D eigenvalue weighted by Crippen LogP contribution is 2.45. The summed E-state index contributed by atoms with van der Waals surface area (Å²) in [7, 11) is 0. The van der Waals surface area contributed by atoms with Crippen LogP contribution in [0.2, 0.25) is 0 Å². The topological polar surface area (TPSA) is 28.2 Å². The van der Waals surface area contributed by atoms with Gasteiger partial charge in [-0.25, -0.2) is 4.98 Å². The van der Waals surface area contributed by atoms with E-state index >= 15 is 0 Å². The van der Waals surface area contributed by atoms with Crippen LogP contribution in [0.1, 0.15) is 70.0 Å². The van der Waals surface area contributed by atoms with Crippen molar-refractivity contribution in [1.29, 1.82) is 0 Å². The molecule has 1 aromatic heterocycles. The van der Waals surface area contributed by atoms with Gasteiger partial charge in [0.25, 0.3) is 0 Å². The fraction of sp³-hybridized carbons (Fsp3) is 0.824. The minimum Gasteiger partial charge on any atom is -0.345 e. The molecule has 118 valence electrons. The lowest BCUT2D eigenvalue weighted by atomic mass is 9.76. The molecule has 1 aliphatic carbocycles. The van der Waals surface area contributed by atoms with Gasteiger partial charge in [0.15, 0.2) is 5.13 Å². The Morgan fingerprint density at radius 3 is 2.90 bits per heavy atom. The molecule has 4 heteroatoms. The Morgan fingerprint density at radius 1 is 1.43 bits per heavy atom. The van der Waals surface area contributed by atoms with Gasteiger partial charge in [-0.05, 0) is 51.0 Å². The monoisotopic (exact) mass is 307 g/mol. The van der Waals surface area contributed by atoms with E-state index in [9.17, 15) is 0 Å². The average Bonchev–Trinajstić information content (AvgIpc) is 3.00. The molecule has 2 atom stereocenters. The summed E-state index contributed by atoms with van der Waals surface area (Å²) in [4.78, 5) is 9.07. The molecule has 2 unspecified atom stereocenters. The molecule has 1 aliphatic heterocycles. The molecule has 1 N–H and O–H groups in total. The van der Waals surface area contributed by atoms with Gasteiger partial charge in [-0.2, -0.15) is 0 Å². The smallest absolute Gasteiger partial charge is 0.186 e. The van der Waals surface area contributed by atoms with Gasteiger partial charge in [-0.15, -0.1) is 0 Å². The molecular weight excluding hydrogens is 278 g/mol. The van der Waals surface area contributed by atoms with E-state index in [0.717, 1.165) is 13.0 Å². The zero-order chi connectivity index (χ0) is 15.0. The molecule has 1 aromatic rings. The Balaban J connectivity index is 1.87. The van der Waals surface area contributed by atoms with Crippen molar-refractivity contribution in [2.24, 2.45) is 5.41 Å². The standard InChI is InChI=1S/C17H29N3S/c1-5-8-18-13-10-17(3,4)11-14-15(13)21-16(19-14)20-9-6-7-12(20)2/h12-13,18H,5-11H2,1-4H3. The van der Waals surface area contributed by atoms with Crippen molar-refractivity contribution in [3.05, 3.63) is 10.6 Å². The molecule has 0 aromatic carbocycles. The lowest BCUT2D eigenvalue weighted by molar-refractivity contribution is 0.258. The molecule has 0 saturated carbocycles. The Bertz CT molecular complexity index is 494. The number of nitrogens with zero attached hydrogens (tertiary/aromatic N) is 2. The van der Waals surface area contributed by atoms with E-state index in [1.54, 1.807) is 0 Å². The molecule has 0 amide bonds. The SMILES string of the molecule is CCCNC1CC(C)(C)Cc2nc(N3CCCC3C)sc21. The third-order valence-corrected chi connectivity index (χ3v) is 6.12. The fourth-order valence-electron chi connectivity index (χ4n) is 3.74. The number of anilines is 1. The maximum Gasteiger partial charge on any atom is 0.186 e. The van der Waals surface area contributed by atoms with Crippen LogP contribution in [0, 0.1) is 5.41 Å². The minimum absolute atomic E-state index is 0.361. The van der Waals surface area contributed by atoms with Crippen molar-refractivity contribution in [3.8, 4) is 0 Å². The summed E-state index contributed by atoms with van der Waals surface area (Å²) in [5.74, 6) is 0. The Labute approximate surface area is 133 Å². The summed E-state index contributed by atoms with van der Waals surface area (Å²) in [6.07, 6.45) is 6.19. The van der Waals surface area contributed by atoms with E-state index < -0.39 is 0 Å². The summed E-state index contributed by atoms with van der Waals surface area (Å²) in [5, 5.41) is 5.02. The van der Waals surface area contributed by atoms with Gasteiger partial charge in [-0.1, -0.05) is 32.1 Å². The van der Waals surface area contributed by atoms with Crippen molar-refractivity contribution < 1.29 is 0 Å². The van der Waals surface area contributed by atoms with Crippen LogP contribution in [0.3, 0.4) is 0 Å². The number of fused-ring (bicyclic) bond motifs is 1. The third-order valence-electron chi connectivity index (χ3n) is 4.87. The quantitative estimate of drug-likeness (QED) is 0.906. The normalized spacial score (nSPS) is 27.9. The number of thiazole rings is 1. The molecular formula is C17H29N3S. The Kier molecular flexibility index (Phi) is 4.28. The molecule has 1 saturated heterocycles. The zero-order valence-corrected chi connectivity index (χ0v) is 14.7. The molecule has 0 spiro atoms. The summed E-state index contributed by atoms with van der Waals surface area (Å²) < 4.78 is 0. The van der Waals surface area contributed by atoms with Crippen molar-refractivity contribution in [3.63, 3.8) is 0 Å². The van der Waals surface area contributed by atoms with Crippen LogP contribution in [0.5, 0.6) is 0 Å². The van der Waals surface area contributed by atoms with Crippen molar-refractivity contribution in [1.82, 2.24) is 10.3 Å². The van der Waals surface area contributed by atoms with Gasteiger partial charge in [0.2, 0.25) is 0 Å². The second-order valence-electron chi connectivity index (χ2n) is 7.54. The molecule has 3 rings (SSSR count). The van der Waals surface area contributed by atoms with Gasteiger partial charge in [-0.3, -0.25) is 0 Å². The van der Waals surface area contributed by atoms with E-state index in [-0.39, 0.29) is 0 Å². The number of hydrogen-bond donors (Lipinski definition) is 1. The second kappa shape index (κ2) is 5.88. The Morgan fingerprint density at radius 2 is 2.24 bits per heavy atom. The van der Waals surface area contributed by atoms with Crippen LogP contribution < -0.4 is 10.2 Å². The first kappa shape index (κ1) is 15.3. The number of aromatic nitrogens is 1. The van der Waals surface area contributed by atoms with Gasteiger partial charge in [0.05, 0.1) is 5.69 Å². The van der Waals surface area contributed by atoms with E-state index in [4.69, 9.17) is 4.98 Å². The number of rotatable bonds is 4. The first-order valence-electron chi connectivity index (χ1n) is 8.50. The molecule has 0 radical (unpaired) electrons. The molecule has 2 aliphatic rings. The molecule has 21 heavy (non-hydrogen) atoms. The highest BCUT2D eigenvalue weighted by Gasteiger charge is 2.36. The first-order chi connectivity index (χ1) is 10.00. The van der Waals surface area contributed by atoms with Crippen molar-refractivity contribution >= 4 is 16.5 Å². The van der Waals surface area contributed by atoms with Crippen molar-refractivity contribution in [2.75, 3.05) is 18.0 Å². The highest BCUT2D eigenvalue weighted by molar-refractivity contribution is 7.15. The third kappa shape index (κ3) is 3.11. The zero-order valence-electron chi connectivity index (χ0n) is 13.9. The van der Waals surface area contributed by atoms with Gasteiger partial charge in [0, 0.05) is 23.5 Å². The lowest BCUT2D eigenvalue weighted by Crippen LogP contribution is -2.33. The van der Waals surface area contributed by atoms with Gasteiger partial charge >= 0.3 is 0 Å². The van der Waals surface area contributed by atoms with E-state index in [1.807, 2.05) is 11.3 Å². The minimum atomic E-state index is 0.361. The summed E-state index contributed by atoms with van der Waals surface area (Å²) in [6, 6.07) is 1.17. The molecule has 1 fully saturated rings. The van der Waals surface area contributed by atoms with E-state index in [2.05, 4.69) is 37.9 Å². The number of nitrogens with one attached hydrogen (secondary N) is 1. The van der Waals surface area contributed by atoms with E-state index in [0.29, 0.717) is 17.5 Å². The van der Waals surface area contributed by atoms with Gasteiger partial charge in [0.1, 0.15) is 0 Å². The van der Waals surface area contributed by atoms with Crippen LogP contribution in [-0.2, 0) is 6.42 Å². The molecule has 0 bridgehead atoms. The van der Waals surface area contributed by atoms with Crippen LogP contribution >= 0.6 is 11.3 Å². The highest BCUT2D eigenvalue weighted by atomic mass is 32.1. The predicted octanol–water partition coefficient (Wildman–Crippen LogP) is 4.14. The largest absolute Gasteiger partial charge is 0.345 e. The predicted molar refractivity (Wildman–Crippen MR) is 91.3 cm³/mol. The lowest BCUT2D eigenvalue weighted by Gasteiger charge is -2.34. The summed E-state index contributed by atoms with van der Waals surface area (Å²) in [6.45, 7) is 11.6. The maximum atomic E-state index is 5.04. The number of hydrogen-bond acceptors (Lipinski definition) is 4. The summed E-state index contributed by atoms with van der Waals surface area (Å²) in [5.41, 5.74) is 1.72. The van der Waals surface area contributed by atoms with E-state index in [1.165, 1.54) is 47.9 Å². The molecule has 2 heterocycles. The molecule has 3 nitrogen and oxygen atoms in total. The van der Waals surface area contributed by atoms with Crippen LogP contribution in [0.25, 0.3) is 0 Å². The average molecular weight is 308 g/mol. The Hall–Kier alpha value is -0.610. The van der Waals surface area contributed by atoms with Crippen molar-refractivity contribution in [2.45, 2.75) is 71.9 Å². The summed E-state index contributed by atoms with van der Waals surface area (Å²) >= 11 is 1.95. The van der Waals surface area contributed by atoms with Crippen LogP contribution in [-0.4, -0.2) is 24.1 Å². The van der Waals surface area contributed by atoms with Gasteiger partial charge < -0.3 is 10.2 Å². The second-order valence-corrected chi connectivity index (χ2v) is 8.55. The maximum absolute atomic E-state index is 5.04. The van der Waals surface area contributed by atoms with Crippen LogP contribution in [0.15, 0.2) is 0 Å².